The van der Waals surface area contributed by atoms with Crippen LogP contribution in [0, 0.1) is 5.92 Å². The maximum atomic E-state index is 13.8. The molecule has 0 unspecified atom stereocenters. The third kappa shape index (κ3) is 7.84. The Morgan fingerprint density at radius 2 is 1.82 bits per heavy atom. The number of carbonyl (C=O) groups is 1. The number of amides is 2. The van der Waals surface area contributed by atoms with E-state index in [9.17, 15) is 18.0 Å². The van der Waals surface area contributed by atoms with Gasteiger partial charge in [0.15, 0.2) is 0 Å². The number of hydrogen-bond donors (Lipinski definition) is 0. The fraction of sp³-hybridized carbons (Fsp3) is 0.448. The van der Waals surface area contributed by atoms with Gasteiger partial charge in [-0.15, -0.1) is 13.2 Å². The van der Waals surface area contributed by atoms with Crippen LogP contribution in [0.2, 0.25) is 0 Å². The van der Waals surface area contributed by atoms with Gasteiger partial charge < -0.3 is 14.4 Å². The largest absolute Gasteiger partial charge is 0.573 e. The number of benzene rings is 2. The number of nitrogens with zero attached hydrogens (tertiary/aromatic N) is 3. The van der Waals surface area contributed by atoms with Crippen LogP contribution in [0.15, 0.2) is 65.9 Å². The summed E-state index contributed by atoms with van der Waals surface area (Å²) in [5.41, 5.74) is 2.53. The quantitative estimate of drug-likeness (QED) is 0.249. The predicted molar refractivity (Wildman–Crippen MR) is 141 cm³/mol. The van der Waals surface area contributed by atoms with Crippen LogP contribution in [0.4, 0.5) is 18.0 Å². The van der Waals surface area contributed by atoms with Gasteiger partial charge in [0.2, 0.25) is 0 Å². The zero-order valence-corrected chi connectivity index (χ0v) is 21.6. The highest BCUT2D eigenvalue weighted by Crippen LogP contribution is 2.32. The summed E-state index contributed by atoms with van der Waals surface area (Å²) >= 11 is 0. The molecule has 0 bridgehead atoms. The van der Waals surface area contributed by atoms with Crippen molar-refractivity contribution >= 4 is 18.3 Å². The molecule has 0 N–H and O–H groups in total. The predicted octanol–water partition coefficient (Wildman–Crippen LogP) is 6.88. The average molecular weight is 530 g/mol. The molecule has 0 spiro atoms. The van der Waals surface area contributed by atoms with Crippen LogP contribution in [0.5, 0.6) is 5.75 Å². The number of piperidine rings is 1. The molecule has 1 aliphatic carbocycles. The molecule has 2 fully saturated rings. The molecule has 1 heterocycles. The minimum absolute atomic E-state index is 0.0211. The van der Waals surface area contributed by atoms with Gasteiger partial charge in [0.1, 0.15) is 5.75 Å². The summed E-state index contributed by atoms with van der Waals surface area (Å²) in [7, 11) is 0. The van der Waals surface area contributed by atoms with Gasteiger partial charge in [-0.1, -0.05) is 49.4 Å². The normalized spacial score (nSPS) is 20.2. The van der Waals surface area contributed by atoms with Crippen molar-refractivity contribution in [2.75, 3.05) is 13.2 Å². The zero-order chi connectivity index (χ0) is 27.1. The molecule has 38 heavy (non-hydrogen) atoms. The number of hydrazone groups is 1. The second-order valence-electron chi connectivity index (χ2n) is 9.82. The minimum atomic E-state index is -4.76. The van der Waals surface area contributed by atoms with Crippen LogP contribution in [-0.2, 0) is 11.2 Å². The summed E-state index contributed by atoms with van der Waals surface area (Å²) in [4.78, 5) is 15.6. The van der Waals surface area contributed by atoms with Crippen LogP contribution in [0.25, 0.3) is 5.57 Å². The van der Waals surface area contributed by atoms with Crippen LogP contribution in [0.3, 0.4) is 0 Å². The Hall–Kier alpha value is -3.33. The molecule has 6 nitrogen and oxygen atoms in total. The SMILES string of the molecule is C=NN(/C=C(\CC)c1ccc(OC(F)(F)F)cc1)C(=O)N1C[C@H](OCC2CC2)CC[C@@H]1Cc1ccccc1. The second-order valence-corrected chi connectivity index (χ2v) is 9.82. The molecule has 2 aliphatic rings. The molecular formula is C29H34F3N3O3. The van der Waals surface area contributed by atoms with E-state index in [-0.39, 0.29) is 23.9 Å². The molecule has 4 rings (SSSR count). The van der Waals surface area contributed by atoms with Gasteiger partial charge in [0.25, 0.3) is 0 Å². The lowest BCUT2D eigenvalue weighted by molar-refractivity contribution is -0.274. The zero-order valence-electron chi connectivity index (χ0n) is 21.6. The highest BCUT2D eigenvalue weighted by molar-refractivity contribution is 5.79. The van der Waals surface area contributed by atoms with Crippen LogP contribution in [0.1, 0.15) is 50.2 Å². The average Bonchev–Trinajstić information content (AvgIpc) is 3.73. The lowest BCUT2D eigenvalue weighted by atomic mass is 9.94. The lowest BCUT2D eigenvalue weighted by Gasteiger charge is -2.40. The number of likely N-dealkylation sites (tertiary alicyclic amines) is 1. The van der Waals surface area contributed by atoms with Gasteiger partial charge >= 0.3 is 12.4 Å². The van der Waals surface area contributed by atoms with E-state index in [1.54, 1.807) is 6.20 Å². The smallest absolute Gasteiger partial charge is 0.406 e. The molecular weight excluding hydrogens is 495 g/mol. The molecule has 2 amide bonds. The fourth-order valence-corrected chi connectivity index (χ4v) is 4.70. The van der Waals surface area contributed by atoms with Crippen molar-refractivity contribution in [1.82, 2.24) is 9.91 Å². The van der Waals surface area contributed by atoms with E-state index in [1.165, 1.54) is 42.1 Å². The summed E-state index contributed by atoms with van der Waals surface area (Å²) < 4.78 is 47.7. The van der Waals surface area contributed by atoms with Gasteiger partial charge in [-0.2, -0.15) is 10.1 Å². The highest BCUT2D eigenvalue weighted by Gasteiger charge is 2.35. The molecule has 0 aromatic heterocycles. The van der Waals surface area contributed by atoms with E-state index < -0.39 is 6.36 Å². The van der Waals surface area contributed by atoms with Crippen molar-refractivity contribution < 1.29 is 27.4 Å². The number of ether oxygens (including phenoxy) is 2. The minimum Gasteiger partial charge on any atom is -0.406 e. The van der Waals surface area contributed by atoms with E-state index in [0.717, 1.165) is 37.0 Å². The summed E-state index contributed by atoms with van der Waals surface area (Å²) in [5.74, 6) is 0.330. The third-order valence-electron chi connectivity index (χ3n) is 6.95. The van der Waals surface area contributed by atoms with Gasteiger partial charge in [-0.3, -0.25) is 0 Å². The van der Waals surface area contributed by atoms with Crippen molar-refractivity contribution in [3.63, 3.8) is 0 Å². The monoisotopic (exact) mass is 529 g/mol. The second kappa shape index (κ2) is 12.5. The summed E-state index contributed by atoms with van der Waals surface area (Å²) in [6.45, 7) is 6.71. The molecule has 2 atom stereocenters. The van der Waals surface area contributed by atoms with Gasteiger partial charge in [-0.05, 0) is 73.3 Å². The number of alkyl halides is 3. The third-order valence-corrected chi connectivity index (χ3v) is 6.95. The first-order chi connectivity index (χ1) is 18.3. The molecule has 9 heteroatoms. The number of hydrogen-bond acceptors (Lipinski definition) is 4. The number of carbonyl (C=O) groups excluding carboxylic acids is 1. The van der Waals surface area contributed by atoms with Gasteiger partial charge in [0, 0.05) is 32.1 Å². The first-order valence-electron chi connectivity index (χ1n) is 13.0. The van der Waals surface area contributed by atoms with Crippen molar-refractivity contribution in [1.29, 1.82) is 0 Å². The summed E-state index contributed by atoms with van der Waals surface area (Å²) in [6, 6.07) is 15.3. The molecule has 204 valence electrons. The topological polar surface area (TPSA) is 54.4 Å². The Morgan fingerprint density at radius 3 is 2.42 bits per heavy atom. The lowest BCUT2D eigenvalue weighted by Crippen LogP contribution is -2.53. The van der Waals surface area contributed by atoms with Crippen molar-refractivity contribution in [3.05, 3.63) is 71.9 Å². The fourth-order valence-electron chi connectivity index (χ4n) is 4.70. The van der Waals surface area contributed by atoms with E-state index in [0.29, 0.717) is 24.4 Å². The van der Waals surface area contributed by atoms with Crippen molar-refractivity contribution in [2.24, 2.45) is 11.0 Å². The molecule has 1 saturated heterocycles. The van der Waals surface area contributed by atoms with Gasteiger partial charge in [-0.25, -0.2) is 4.79 Å². The molecule has 2 aromatic carbocycles. The number of halogens is 3. The molecule has 0 radical (unpaired) electrons. The van der Waals surface area contributed by atoms with Crippen LogP contribution < -0.4 is 4.74 Å². The molecule has 1 saturated carbocycles. The van der Waals surface area contributed by atoms with Crippen LogP contribution >= 0.6 is 0 Å². The summed E-state index contributed by atoms with van der Waals surface area (Å²) in [5, 5.41) is 5.22. The standard InChI is InChI=1S/C29H34F3N3O3/c1-3-23(24-11-14-26(15-12-24)38-29(30,31)32)18-35(33-2)28(36)34-19-27(37-20-22-9-10-22)16-13-25(34)17-21-7-5-4-6-8-21/h4-8,11-12,14-15,18,22,25,27H,2-3,9-10,13,16-17,19-20H2,1H3/b23-18+/t25-,27-/m1/s1. The number of urea groups is 1. The summed E-state index contributed by atoms with van der Waals surface area (Å²) in [6.07, 6.45) is 2.16. The van der Waals surface area contributed by atoms with E-state index in [1.807, 2.05) is 30.0 Å². The number of rotatable bonds is 10. The van der Waals surface area contributed by atoms with Gasteiger partial charge in [0.05, 0.1) is 6.10 Å². The maximum absolute atomic E-state index is 13.8. The highest BCUT2D eigenvalue weighted by atomic mass is 19.4. The van der Waals surface area contributed by atoms with Crippen LogP contribution in [-0.4, -0.2) is 54.3 Å². The van der Waals surface area contributed by atoms with E-state index >= 15 is 0 Å². The van der Waals surface area contributed by atoms with Crippen molar-refractivity contribution in [2.45, 2.75) is 64.0 Å². The van der Waals surface area contributed by atoms with E-state index in [2.05, 4.69) is 28.7 Å². The Bertz CT molecular complexity index is 1100. The Kier molecular flexibility index (Phi) is 9.09. The van der Waals surface area contributed by atoms with E-state index in [4.69, 9.17) is 4.74 Å². The first-order valence-corrected chi connectivity index (χ1v) is 13.0. The maximum Gasteiger partial charge on any atom is 0.573 e. The number of allylic oxidation sites excluding steroid dienone is 1. The van der Waals surface area contributed by atoms with Crippen molar-refractivity contribution in [3.8, 4) is 5.75 Å². The Morgan fingerprint density at radius 1 is 1.11 bits per heavy atom. The molecule has 2 aromatic rings. The molecule has 1 aliphatic heterocycles. The first kappa shape index (κ1) is 27.7. The Balaban J connectivity index is 1.52. The Labute approximate surface area is 221 Å².